The lowest BCUT2D eigenvalue weighted by atomic mass is 9.72. The van der Waals surface area contributed by atoms with Crippen LogP contribution in [0.2, 0.25) is 0 Å². The van der Waals surface area contributed by atoms with Gasteiger partial charge in [0.05, 0.1) is 0 Å². The van der Waals surface area contributed by atoms with Gasteiger partial charge < -0.3 is 0 Å². The number of allylic oxidation sites excluding steroid dienone is 4. The first-order valence-corrected chi connectivity index (χ1v) is 9.25. The third-order valence-electron chi connectivity index (χ3n) is 4.92. The van der Waals surface area contributed by atoms with Crippen LogP contribution in [0.15, 0.2) is 42.0 Å². The molecule has 0 heteroatoms. The Kier molecular flexibility index (Phi) is 6.06. The molecule has 0 saturated heterocycles. The van der Waals surface area contributed by atoms with Gasteiger partial charge >= 0.3 is 0 Å². The number of fused-ring (bicyclic) bond motifs is 1. The van der Waals surface area contributed by atoms with Gasteiger partial charge in [0.1, 0.15) is 0 Å². The van der Waals surface area contributed by atoms with E-state index in [1.807, 2.05) is 0 Å². The van der Waals surface area contributed by atoms with Crippen molar-refractivity contribution in [3.05, 3.63) is 53.1 Å². The molecule has 0 nitrogen and oxygen atoms in total. The first kappa shape index (κ1) is 17.1. The molecule has 2 rings (SSSR count). The molecule has 1 aliphatic carbocycles. The Morgan fingerprint density at radius 2 is 1.64 bits per heavy atom. The zero-order valence-electron chi connectivity index (χ0n) is 14.9. The lowest BCUT2D eigenvalue weighted by molar-refractivity contribution is 0.544. The molecule has 0 spiro atoms. The maximum Gasteiger partial charge on any atom is 0.0353 e. The van der Waals surface area contributed by atoms with Crippen molar-refractivity contribution in [3.63, 3.8) is 0 Å². The fourth-order valence-corrected chi connectivity index (χ4v) is 4.16. The Bertz CT molecular complexity index is 547. The van der Waals surface area contributed by atoms with E-state index in [4.69, 9.17) is 0 Å². The maximum atomic E-state index is 2.53. The van der Waals surface area contributed by atoms with Gasteiger partial charge in [-0.2, -0.15) is 0 Å². The second kappa shape index (κ2) is 7.81. The topological polar surface area (TPSA) is 0 Å². The minimum absolute atomic E-state index is 0.169. The fraction of sp³-hybridized carbons (Fsp3) is 0.545. The molecule has 0 bridgehead atoms. The van der Waals surface area contributed by atoms with Crippen molar-refractivity contribution in [2.24, 2.45) is 0 Å². The monoisotopic (exact) mass is 296 g/mol. The summed E-state index contributed by atoms with van der Waals surface area (Å²) in [6.07, 6.45) is 13.4. The van der Waals surface area contributed by atoms with Crippen molar-refractivity contribution in [1.82, 2.24) is 0 Å². The molecular weight excluding hydrogens is 264 g/mol. The van der Waals surface area contributed by atoms with E-state index in [1.54, 1.807) is 16.7 Å². The summed E-state index contributed by atoms with van der Waals surface area (Å²) in [5.41, 5.74) is 6.62. The SMILES string of the molecule is CC/C=C/C1(CCC)C(CCC)=C(CCC)c2ccccc21. The van der Waals surface area contributed by atoms with Crippen molar-refractivity contribution >= 4 is 5.57 Å². The second-order valence-electron chi connectivity index (χ2n) is 6.53. The van der Waals surface area contributed by atoms with Gasteiger partial charge in [0.25, 0.3) is 0 Å². The van der Waals surface area contributed by atoms with Crippen LogP contribution in [0.5, 0.6) is 0 Å². The molecule has 0 saturated carbocycles. The minimum Gasteiger partial charge on any atom is -0.0876 e. The van der Waals surface area contributed by atoms with E-state index in [9.17, 15) is 0 Å². The molecule has 1 aromatic rings. The molecule has 0 radical (unpaired) electrons. The minimum atomic E-state index is 0.169. The molecule has 0 aromatic heterocycles. The summed E-state index contributed by atoms with van der Waals surface area (Å²) in [6, 6.07) is 9.17. The molecule has 1 aromatic carbocycles. The molecule has 0 amide bonds. The van der Waals surface area contributed by atoms with E-state index in [0.717, 1.165) is 6.42 Å². The Labute approximate surface area is 137 Å². The molecule has 0 aliphatic heterocycles. The van der Waals surface area contributed by atoms with Crippen LogP contribution in [0, 0.1) is 0 Å². The lowest BCUT2D eigenvalue weighted by Gasteiger charge is -2.31. The van der Waals surface area contributed by atoms with Crippen LogP contribution < -0.4 is 0 Å². The molecule has 1 unspecified atom stereocenters. The summed E-state index contributed by atoms with van der Waals surface area (Å²) in [6.45, 7) is 9.19. The summed E-state index contributed by atoms with van der Waals surface area (Å²) in [7, 11) is 0. The van der Waals surface area contributed by atoms with Crippen molar-refractivity contribution in [1.29, 1.82) is 0 Å². The van der Waals surface area contributed by atoms with Crippen LogP contribution in [-0.2, 0) is 5.41 Å². The predicted octanol–water partition coefficient (Wildman–Crippen LogP) is 7.06. The van der Waals surface area contributed by atoms with Gasteiger partial charge in [-0.25, -0.2) is 0 Å². The first-order chi connectivity index (χ1) is 10.7. The van der Waals surface area contributed by atoms with Gasteiger partial charge in [-0.3, -0.25) is 0 Å². The van der Waals surface area contributed by atoms with Crippen LogP contribution >= 0.6 is 0 Å². The van der Waals surface area contributed by atoms with Gasteiger partial charge in [0.2, 0.25) is 0 Å². The second-order valence-corrected chi connectivity index (χ2v) is 6.53. The number of hydrogen-bond acceptors (Lipinski definition) is 0. The highest BCUT2D eigenvalue weighted by Gasteiger charge is 2.41. The van der Waals surface area contributed by atoms with Crippen LogP contribution in [0.4, 0.5) is 0 Å². The van der Waals surface area contributed by atoms with Crippen molar-refractivity contribution in [2.45, 2.75) is 78.1 Å². The van der Waals surface area contributed by atoms with Crippen molar-refractivity contribution in [3.8, 4) is 0 Å². The Hall–Kier alpha value is -1.30. The van der Waals surface area contributed by atoms with Gasteiger partial charge in [-0.05, 0) is 42.4 Å². The first-order valence-electron chi connectivity index (χ1n) is 9.25. The van der Waals surface area contributed by atoms with E-state index < -0.39 is 0 Å². The Morgan fingerprint density at radius 1 is 0.909 bits per heavy atom. The van der Waals surface area contributed by atoms with Gasteiger partial charge in [0, 0.05) is 5.41 Å². The van der Waals surface area contributed by atoms with E-state index >= 15 is 0 Å². The zero-order valence-corrected chi connectivity index (χ0v) is 14.9. The summed E-state index contributed by atoms with van der Waals surface area (Å²) in [5, 5.41) is 0. The zero-order chi connectivity index (χ0) is 16.0. The van der Waals surface area contributed by atoms with E-state index in [1.165, 1.54) is 44.1 Å². The average molecular weight is 296 g/mol. The Morgan fingerprint density at radius 3 is 2.27 bits per heavy atom. The highest BCUT2D eigenvalue weighted by atomic mass is 14.4. The standard InChI is InChI=1S/C22H32/c1-5-9-17-22(16-8-4)20(13-7-3)18(12-6-2)19-14-10-11-15-21(19)22/h9-11,14-15,17H,5-8,12-13,16H2,1-4H3/b17-9+. The molecule has 1 aliphatic rings. The smallest absolute Gasteiger partial charge is 0.0353 e. The van der Waals surface area contributed by atoms with Crippen molar-refractivity contribution in [2.75, 3.05) is 0 Å². The van der Waals surface area contributed by atoms with Crippen molar-refractivity contribution < 1.29 is 0 Å². The molecular formula is C22H32. The number of rotatable bonds is 8. The van der Waals surface area contributed by atoms with Crippen LogP contribution in [0.3, 0.4) is 0 Å². The number of hydrogen-bond donors (Lipinski definition) is 0. The van der Waals surface area contributed by atoms with Gasteiger partial charge in [0.15, 0.2) is 0 Å². The van der Waals surface area contributed by atoms with Gasteiger partial charge in [-0.1, -0.05) is 88.9 Å². The maximum absolute atomic E-state index is 2.53. The summed E-state index contributed by atoms with van der Waals surface area (Å²) < 4.78 is 0. The molecule has 22 heavy (non-hydrogen) atoms. The van der Waals surface area contributed by atoms with Crippen LogP contribution in [-0.4, -0.2) is 0 Å². The fourth-order valence-electron chi connectivity index (χ4n) is 4.16. The highest BCUT2D eigenvalue weighted by Crippen LogP contribution is 2.53. The molecule has 1 atom stereocenters. The molecule has 0 fully saturated rings. The molecule has 120 valence electrons. The molecule has 0 N–H and O–H groups in total. The quantitative estimate of drug-likeness (QED) is 0.450. The third-order valence-corrected chi connectivity index (χ3v) is 4.92. The summed E-state index contributed by atoms with van der Waals surface area (Å²) in [5.74, 6) is 0. The van der Waals surface area contributed by atoms with E-state index in [-0.39, 0.29) is 5.41 Å². The number of benzene rings is 1. The lowest BCUT2D eigenvalue weighted by Crippen LogP contribution is -2.24. The normalized spacial score (nSPS) is 20.9. The van der Waals surface area contributed by atoms with Crippen LogP contribution in [0.1, 0.15) is 83.8 Å². The summed E-state index contributed by atoms with van der Waals surface area (Å²) in [4.78, 5) is 0. The third kappa shape index (κ3) is 2.93. The Balaban J connectivity index is 2.67. The predicted molar refractivity (Wildman–Crippen MR) is 99.2 cm³/mol. The van der Waals surface area contributed by atoms with E-state index in [0.29, 0.717) is 0 Å². The van der Waals surface area contributed by atoms with Gasteiger partial charge in [-0.15, -0.1) is 0 Å². The van der Waals surface area contributed by atoms with Crippen LogP contribution in [0.25, 0.3) is 5.57 Å². The average Bonchev–Trinajstić information content (AvgIpc) is 2.78. The summed E-state index contributed by atoms with van der Waals surface area (Å²) >= 11 is 0. The molecule has 0 heterocycles. The highest BCUT2D eigenvalue weighted by molar-refractivity contribution is 5.81. The largest absolute Gasteiger partial charge is 0.0876 e. The van der Waals surface area contributed by atoms with E-state index in [2.05, 4.69) is 64.1 Å².